The van der Waals surface area contributed by atoms with Gasteiger partial charge in [0.25, 0.3) is 5.91 Å². The predicted octanol–water partition coefficient (Wildman–Crippen LogP) is 3.81. The molecule has 7 nitrogen and oxygen atoms in total. The summed E-state index contributed by atoms with van der Waals surface area (Å²) in [6.45, 7) is 2.11. The number of hydrogen-bond acceptors (Lipinski definition) is 6. The number of benzene rings is 2. The zero-order chi connectivity index (χ0) is 21.3. The van der Waals surface area contributed by atoms with E-state index in [1.165, 1.54) is 11.3 Å². The molecule has 0 fully saturated rings. The second-order valence-electron chi connectivity index (χ2n) is 6.87. The number of nitrogens with zero attached hydrogens (tertiary/aromatic N) is 2. The van der Waals surface area contributed by atoms with Crippen molar-refractivity contribution in [1.29, 1.82) is 0 Å². The molecule has 0 bridgehead atoms. The molecule has 4 rings (SSSR count). The van der Waals surface area contributed by atoms with Crippen LogP contribution in [-0.2, 0) is 11.3 Å². The molecule has 3 aromatic rings. The van der Waals surface area contributed by atoms with E-state index in [1.54, 1.807) is 37.6 Å². The third-order valence-corrected chi connectivity index (χ3v) is 5.86. The predicted molar refractivity (Wildman–Crippen MR) is 115 cm³/mol. The fraction of sp³-hybridized carbons (Fsp3) is 0.227. The second-order valence-corrected chi connectivity index (χ2v) is 7.77. The molecule has 2 amide bonds. The Labute approximate surface area is 178 Å². The summed E-state index contributed by atoms with van der Waals surface area (Å²) in [5.41, 5.74) is 3.22. The van der Waals surface area contributed by atoms with Gasteiger partial charge >= 0.3 is 0 Å². The molecule has 1 aromatic heterocycles. The summed E-state index contributed by atoms with van der Waals surface area (Å²) < 4.78 is 10.8. The number of fused-ring (bicyclic) bond motifs is 1. The van der Waals surface area contributed by atoms with Crippen molar-refractivity contribution in [3.05, 3.63) is 59.1 Å². The van der Waals surface area contributed by atoms with E-state index in [1.807, 2.05) is 36.4 Å². The lowest BCUT2D eigenvalue weighted by atomic mass is 9.99. The maximum atomic E-state index is 13.1. The van der Waals surface area contributed by atoms with Gasteiger partial charge in [0.15, 0.2) is 5.13 Å². The number of carbonyl (C=O) groups is 2. The summed E-state index contributed by atoms with van der Waals surface area (Å²) in [7, 11) is 3.20. The topological polar surface area (TPSA) is 80.8 Å². The number of methoxy groups -OCH3 is 2. The Hall–Kier alpha value is -3.39. The number of ether oxygens (including phenoxy) is 2. The first-order valence-electron chi connectivity index (χ1n) is 9.38. The number of anilines is 1. The summed E-state index contributed by atoms with van der Waals surface area (Å²) in [6, 6.07) is 10.7. The van der Waals surface area contributed by atoms with Crippen molar-refractivity contribution in [3.63, 3.8) is 0 Å². The summed E-state index contributed by atoms with van der Waals surface area (Å²) in [5.74, 6) is 0.927. The highest BCUT2D eigenvalue weighted by molar-refractivity contribution is 7.13. The minimum Gasteiger partial charge on any atom is -0.497 e. The maximum absolute atomic E-state index is 13.1. The highest BCUT2D eigenvalue weighted by Gasteiger charge is 2.34. The lowest BCUT2D eigenvalue weighted by Crippen LogP contribution is -2.42. The van der Waals surface area contributed by atoms with Gasteiger partial charge < -0.3 is 19.7 Å². The third-order valence-electron chi connectivity index (χ3n) is 5.17. The standard InChI is InChI=1S/C22H21N3O4S/c1-13(20(26)24-22-23-8-9-30-22)25-12-15-5-4-14(10-18(15)21(25)27)17-7-6-16(28-2)11-19(17)29-3/h4-11,13H,12H2,1-3H3,(H,23,24,26)/t13-/m1/s1. The summed E-state index contributed by atoms with van der Waals surface area (Å²) in [4.78, 5) is 31.3. The SMILES string of the molecule is COc1ccc(-c2ccc3c(c2)C(=O)N([C@H](C)C(=O)Nc2nccs2)C3)c(OC)c1. The Bertz CT molecular complexity index is 1100. The normalized spacial score (nSPS) is 13.7. The molecule has 30 heavy (non-hydrogen) atoms. The molecule has 8 heteroatoms. The molecule has 1 N–H and O–H groups in total. The van der Waals surface area contributed by atoms with E-state index < -0.39 is 6.04 Å². The van der Waals surface area contributed by atoms with Crippen LogP contribution >= 0.6 is 11.3 Å². The Morgan fingerprint density at radius 3 is 2.70 bits per heavy atom. The molecule has 1 atom stereocenters. The Morgan fingerprint density at radius 1 is 1.17 bits per heavy atom. The van der Waals surface area contributed by atoms with Crippen molar-refractivity contribution < 1.29 is 19.1 Å². The number of rotatable bonds is 6. The van der Waals surface area contributed by atoms with E-state index in [0.717, 1.165) is 16.7 Å². The lowest BCUT2D eigenvalue weighted by molar-refractivity contribution is -0.120. The molecule has 1 aliphatic heterocycles. The van der Waals surface area contributed by atoms with Crippen LogP contribution in [-0.4, -0.2) is 42.0 Å². The lowest BCUT2D eigenvalue weighted by Gasteiger charge is -2.22. The average Bonchev–Trinajstić information content (AvgIpc) is 3.40. The minimum atomic E-state index is -0.618. The van der Waals surface area contributed by atoms with E-state index in [2.05, 4.69) is 10.3 Å². The second kappa shape index (κ2) is 8.16. The number of amides is 2. The van der Waals surface area contributed by atoms with Gasteiger partial charge in [-0.3, -0.25) is 9.59 Å². The van der Waals surface area contributed by atoms with E-state index in [9.17, 15) is 9.59 Å². The van der Waals surface area contributed by atoms with Crippen LogP contribution in [0.25, 0.3) is 11.1 Å². The Morgan fingerprint density at radius 2 is 2.00 bits per heavy atom. The molecule has 1 aliphatic rings. The Balaban J connectivity index is 1.58. The van der Waals surface area contributed by atoms with Crippen LogP contribution in [0, 0.1) is 0 Å². The van der Waals surface area contributed by atoms with Gasteiger partial charge in [-0.05, 0) is 36.2 Å². The van der Waals surface area contributed by atoms with E-state index in [-0.39, 0.29) is 11.8 Å². The molecule has 0 unspecified atom stereocenters. The van der Waals surface area contributed by atoms with Gasteiger partial charge in [-0.15, -0.1) is 11.3 Å². The molecule has 154 valence electrons. The van der Waals surface area contributed by atoms with Gasteiger partial charge in [0.1, 0.15) is 17.5 Å². The first kappa shape index (κ1) is 19.9. The van der Waals surface area contributed by atoms with Crippen LogP contribution in [0.3, 0.4) is 0 Å². The first-order valence-corrected chi connectivity index (χ1v) is 10.3. The van der Waals surface area contributed by atoms with E-state index >= 15 is 0 Å². The third kappa shape index (κ3) is 3.61. The number of nitrogens with one attached hydrogen (secondary N) is 1. The number of aromatic nitrogens is 1. The molecule has 0 spiro atoms. The average molecular weight is 423 g/mol. The highest BCUT2D eigenvalue weighted by atomic mass is 32.1. The maximum Gasteiger partial charge on any atom is 0.255 e. The fourth-order valence-electron chi connectivity index (χ4n) is 3.48. The zero-order valence-electron chi connectivity index (χ0n) is 16.8. The van der Waals surface area contributed by atoms with Crippen LogP contribution in [0.1, 0.15) is 22.8 Å². The summed E-state index contributed by atoms with van der Waals surface area (Å²) >= 11 is 1.34. The van der Waals surface area contributed by atoms with Crippen molar-refractivity contribution in [2.45, 2.75) is 19.5 Å². The van der Waals surface area contributed by atoms with Crippen LogP contribution in [0.15, 0.2) is 48.0 Å². The quantitative estimate of drug-likeness (QED) is 0.652. The van der Waals surface area contributed by atoms with Crippen molar-refractivity contribution in [3.8, 4) is 22.6 Å². The van der Waals surface area contributed by atoms with Crippen molar-refractivity contribution >= 4 is 28.3 Å². The number of thiazole rings is 1. The number of hydrogen-bond donors (Lipinski definition) is 1. The summed E-state index contributed by atoms with van der Waals surface area (Å²) in [5, 5.41) is 5.06. The van der Waals surface area contributed by atoms with Crippen LogP contribution < -0.4 is 14.8 Å². The Kier molecular flexibility index (Phi) is 5.41. The largest absolute Gasteiger partial charge is 0.497 e. The molecular formula is C22H21N3O4S. The van der Waals surface area contributed by atoms with Crippen molar-refractivity contribution in [2.24, 2.45) is 0 Å². The van der Waals surface area contributed by atoms with Gasteiger partial charge in [-0.2, -0.15) is 0 Å². The molecule has 0 saturated carbocycles. The van der Waals surface area contributed by atoms with Gasteiger partial charge in [0.05, 0.1) is 14.2 Å². The van der Waals surface area contributed by atoms with Gasteiger partial charge in [-0.1, -0.05) is 12.1 Å². The van der Waals surface area contributed by atoms with Gasteiger partial charge in [0, 0.05) is 35.3 Å². The van der Waals surface area contributed by atoms with Crippen LogP contribution in [0.5, 0.6) is 11.5 Å². The minimum absolute atomic E-state index is 0.166. The molecule has 0 radical (unpaired) electrons. The van der Waals surface area contributed by atoms with Gasteiger partial charge in [-0.25, -0.2) is 4.98 Å². The van der Waals surface area contributed by atoms with E-state index in [4.69, 9.17) is 9.47 Å². The number of carbonyl (C=O) groups excluding carboxylic acids is 2. The first-order chi connectivity index (χ1) is 14.5. The van der Waals surface area contributed by atoms with E-state index in [0.29, 0.717) is 28.7 Å². The molecule has 0 aliphatic carbocycles. The van der Waals surface area contributed by atoms with Gasteiger partial charge in [0.2, 0.25) is 5.91 Å². The monoisotopic (exact) mass is 423 g/mol. The van der Waals surface area contributed by atoms with Crippen molar-refractivity contribution in [1.82, 2.24) is 9.88 Å². The fourth-order valence-corrected chi connectivity index (χ4v) is 4.01. The van der Waals surface area contributed by atoms with Crippen LogP contribution in [0.4, 0.5) is 5.13 Å². The molecule has 2 heterocycles. The van der Waals surface area contributed by atoms with Crippen molar-refractivity contribution in [2.75, 3.05) is 19.5 Å². The van der Waals surface area contributed by atoms with Crippen LogP contribution in [0.2, 0.25) is 0 Å². The zero-order valence-corrected chi connectivity index (χ0v) is 17.7. The molecular weight excluding hydrogens is 402 g/mol. The molecule has 2 aromatic carbocycles. The smallest absolute Gasteiger partial charge is 0.255 e. The molecule has 0 saturated heterocycles. The highest BCUT2D eigenvalue weighted by Crippen LogP contribution is 2.36. The summed E-state index contributed by atoms with van der Waals surface area (Å²) in [6.07, 6.45) is 1.62.